The minimum atomic E-state index is -0.848. The van der Waals surface area contributed by atoms with E-state index in [1.54, 1.807) is 0 Å². The van der Waals surface area contributed by atoms with Crippen molar-refractivity contribution in [2.45, 2.75) is 245 Å². The number of carbonyl (C=O) groups is 3. The summed E-state index contributed by atoms with van der Waals surface area (Å²) in [6, 6.07) is 0. The summed E-state index contributed by atoms with van der Waals surface area (Å²) >= 11 is 0. The van der Waals surface area contributed by atoms with E-state index in [1.807, 2.05) is 12.2 Å². The molecule has 0 amide bonds. The second kappa shape index (κ2) is 58.1. The third kappa shape index (κ3) is 56.3. The van der Waals surface area contributed by atoms with Gasteiger partial charge in [-0.1, -0.05) is 231 Å². The van der Waals surface area contributed by atoms with Crippen molar-refractivity contribution in [3.05, 3.63) is 134 Å². The van der Waals surface area contributed by atoms with Gasteiger partial charge >= 0.3 is 17.9 Å². The summed E-state index contributed by atoms with van der Waals surface area (Å²) in [6.07, 6.45) is 81.7. The lowest BCUT2D eigenvalue weighted by atomic mass is 10.1. The first-order valence-corrected chi connectivity index (χ1v) is 28.7. The topological polar surface area (TPSA) is 78.9 Å². The predicted molar refractivity (Wildman–Crippen MR) is 306 cm³/mol. The largest absolute Gasteiger partial charge is 0.462 e. The molecule has 0 fully saturated rings. The zero-order chi connectivity index (χ0) is 51.4. The van der Waals surface area contributed by atoms with Crippen molar-refractivity contribution >= 4 is 17.9 Å². The number of allylic oxidation sites excluding steroid dienone is 22. The van der Waals surface area contributed by atoms with Crippen LogP contribution in [-0.2, 0) is 28.6 Å². The molecule has 0 unspecified atom stereocenters. The fourth-order valence-electron chi connectivity index (χ4n) is 7.34. The second-order valence-electron chi connectivity index (χ2n) is 18.5. The molecule has 6 heteroatoms. The first-order chi connectivity index (χ1) is 35.0. The van der Waals surface area contributed by atoms with Crippen molar-refractivity contribution in [1.29, 1.82) is 0 Å². The maximum absolute atomic E-state index is 12.8. The van der Waals surface area contributed by atoms with Gasteiger partial charge in [-0.25, -0.2) is 0 Å². The number of carbonyl (C=O) groups excluding carboxylic acids is 3. The molecule has 0 aliphatic carbocycles. The Morgan fingerprint density at radius 2 is 0.592 bits per heavy atom. The molecule has 0 aliphatic heterocycles. The first kappa shape index (κ1) is 66.6. The molecule has 0 aromatic heterocycles. The lowest BCUT2D eigenvalue weighted by Crippen LogP contribution is -2.30. The lowest BCUT2D eigenvalue weighted by Gasteiger charge is -2.18. The van der Waals surface area contributed by atoms with Gasteiger partial charge in [0.25, 0.3) is 0 Å². The maximum Gasteiger partial charge on any atom is 0.306 e. The Balaban J connectivity index is 4.61. The molecular weight excluding hydrogens is 877 g/mol. The van der Waals surface area contributed by atoms with Crippen LogP contribution < -0.4 is 0 Å². The van der Waals surface area contributed by atoms with Gasteiger partial charge in [-0.2, -0.15) is 0 Å². The van der Waals surface area contributed by atoms with Gasteiger partial charge in [-0.3, -0.25) is 14.4 Å². The standard InChI is InChI=1S/C65H104O6/c1-4-7-10-13-16-19-22-25-28-31-32-35-38-41-44-47-50-53-56-59-65(68)71-62(60-69-63(66)57-54-51-48-45-42-39-36-33-29-26-23-20-17-14-11-8-5-2)61-70-64(67)58-55-52-49-46-43-40-37-34-30-27-24-21-18-15-12-9-6-3/h8,11,16-17,19-20,25-30,32,35-36,39,41,44-45,48,50,53,62H,4-7,9-10,12-15,18,21-24,31,33-34,37-38,40,42-43,46-47,49,51-52,54-61H2,1-3H3/b11-8-,19-16-,20-17-,28-25-,29-26-,30-27-,35-32-,39-36-,44-41-,48-45-,53-50-/t62-/m1/s1. The number of hydrogen-bond acceptors (Lipinski definition) is 6. The van der Waals surface area contributed by atoms with Crippen LogP contribution in [0, 0.1) is 0 Å². The van der Waals surface area contributed by atoms with E-state index in [2.05, 4.69) is 142 Å². The van der Waals surface area contributed by atoms with Gasteiger partial charge in [0.15, 0.2) is 6.10 Å². The Bertz CT molecular complexity index is 1550. The van der Waals surface area contributed by atoms with Gasteiger partial charge in [-0.15, -0.1) is 0 Å². The molecule has 0 radical (unpaired) electrons. The number of hydrogen-bond donors (Lipinski definition) is 0. The van der Waals surface area contributed by atoms with Gasteiger partial charge in [0.05, 0.1) is 0 Å². The number of ether oxygens (including phenoxy) is 3. The molecule has 0 bridgehead atoms. The molecule has 0 N–H and O–H groups in total. The molecule has 0 aromatic carbocycles. The average molecular weight is 982 g/mol. The number of unbranched alkanes of at least 4 members (excludes halogenated alkanes) is 17. The summed E-state index contributed by atoms with van der Waals surface area (Å²) in [5.41, 5.74) is 0. The molecule has 6 nitrogen and oxygen atoms in total. The van der Waals surface area contributed by atoms with Crippen LogP contribution in [-0.4, -0.2) is 37.2 Å². The zero-order valence-electron chi connectivity index (χ0n) is 45.7. The van der Waals surface area contributed by atoms with E-state index >= 15 is 0 Å². The van der Waals surface area contributed by atoms with Crippen molar-refractivity contribution in [1.82, 2.24) is 0 Å². The van der Waals surface area contributed by atoms with Crippen molar-refractivity contribution in [2.75, 3.05) is 13.2 Å². The summed E-state index contributed by atoms with van der Waals surface area (Å²) in [4.78, 5) is 38.1. The van der Waals surface area contributed by atoms with Crippen molar-refractivity contribution in [3.8, 4) is 0 Å². The third-order valence-corrected chi connectivity index (χ3v) is 11.6. The van der Waals surface area contributed by atoms with E-state index in [9.17, 15) is 14.4 Å². The number of esters is 3. The molecular formula is C65H104O6. The van der Waals surface area contributed by atoms with Gasteiger partial charge in [0, 0.05) is 19.3 Å². The van der Waals surface area contributed by atoms with E-state index in [-0.39, 0.29) is 38.0 Å². The highest BCUT2D eigenvalue weighted by Gasteiger charge is 2.19. The second-order valence-corrected chi connectivity index (χ2v) is 18.5. The molecule has 0 aliphatic rings. The Morgan fingerprint density at radius 3 is 1.01 bits per heavy atom. The normalized spacial score (nSPS) is 13.1. The quantitative estimate of drug-likeness (QED) is 0.0262. The summed E-state index contributed by atoms with van der Waals surface area (Å²) in [5.74, 6) is -1.08. The molecule has 0 spiro atoms. The van der Waals surface area contributed by atoms with E-state index in [0.29, 0.717) is 19.3 Å². The van der Waals surface area contributed by atoms with Gasteiger partial charge in [-0.05, 0) is 122 Å². The van der Waals surface area contributed by atoms with Crippen LogP contribution in [0.25, 0.3) is 0 Å². The molecule has 400 valence electrons. The average Bonchev–Trinajstić information content (AvgIpc) is 3.37. The Hall–Kier alpha value is -4.45. The molecule has 0 heterocycles. The molecule has 71 heavy (non-hydrogen) atoms. The zero-order valence-corrected chi connectivity index (χ0v) is 45.7. The molecule has 0 aromatic rings. The van der Waals surface area contributed by atoms with Gasteiger partial charge in [0.2, 0.25) is 0 Å². The summed E-state index contributed by atoms with van der Waals surface area (Å²) < 4.78 is 16.7. The van der Waals surface area contributed by atoms with Gasteiger partial charge < -0.3 is 14.2 Å². The van der Waals surface area contributed by atoms with Crippen LogP contribution in [0.3, 0.4) is 0 Å². The number of rotatable bonds is 50. The van der Waals surface area contributed by atoms with E-state index < -0.39 is 12.1 Å². The Morgan fingerprint density at radius 1 is 0.296 bits per heavy atom. The monoisotopic (exact) mass is 981 g/mol. The fourth-order valence-corrected chi connectivity index (χ4v) is 7.34. The maximum atomic E-state index is 12.8. The highest BCUT2D eigenvalue weighted by molar-refractivity contribution is 5.71. The van der Waals surface area contributed by atoms with Crippen molar-refractivity contribution in [2.24, 2.45) is 0 Å². The van der Waals surface area contributed by atoms with Crippen LogP contribution in [0.4, 0.5) is 0 Å². The summed E-state index contributed by atoms with van der Waals surface area (Å²) in [6.45, 7) is 6.37. The third-order valence-electron chi connectivity index (χ3n) is 11.6. The van der Waals surface area contributed by atoms with E-state index in [1.165, 1.54) is 103 Å². The van der Waals surface area contributed by atoms with Crippen molar-refractivity contribution < 1.29 is 28.6 Å². The fraction of sp³-hybridized carbons (Fsp3) is 0.615. The smallest absolute Gasteiger partial charge is 0.306 e. The van der Waals surface area contributed by atoms with Crippen LogP contribution in [0.2, 0.25) is 0 Å². The highest BCUT2D eigenvalue weighted by atomic mass is 16.6. The van der Waals surface area contributed by atoms with E-state index in [0.717, 1.165) is 83.5 Å². The molecule has 0 saturated heterocycles. The summed E-state index contributed by atoms with van der Waals surface area (Å²) in [7, 11) is 0. The van der Waals surface area contributed by atoms with Crippen molar-refractivity contribution in [3.63, 3.8) is 0 Å². The first-order valence-electron chi connectivity index (χ1n) is 28.7. The summed E-state index contributed by atoms with van der Waals surface area (Å²) in [5, 5.41) is 0. The highest BCUT2D eigenvalue weighted by Crippen LogP contribution is 2.13. The van der Waals surface area contributed by atoms with E-state index in [4.69, 9.17) is 14.2 Å². The van der Waals surface area contributed by atoms with Gasteiger partial charge in [0.1, 0.15) is 13.2 Å². The Kier molecular flexibility index (Phi) is 54.5. The predicted octanol–water partition coefficient (Wildman–Crippen LogP) is 19.4. The van der Waals surface area contributed by atoms with Crippen LogP contribution in [0.5, 0.6) is 0 Å². The molecule has 0 saturated carbocycles. The van der Waals surface area contributed by atoms with Crippen LogP contribution >= 0.6 is 0 Å². The van der Waals surface area contributed by atoms with Crippen LogP contribution in [0.1, 0.15) is 239 Å². The lowest BCUT2D eigenvalue weighted by molar-refractivity contribution is -0.166. The minimum absolute atomic E-state index is 0.132. The SMILES string of the molecule is CC/C=C\C/C=C\C/C=C\C/C=C\C/C=C\CCCC(=O)OC[C@H](COC(=O)CCCCCCCCC/C=C\CCCCCCCC)OC(=O)CC/C=C\C/C=C\C/C=C\C/C=C\C/C=C\CCCCC. The Labute approximate surface area is 436 Å². The molecule has 0 rings (SSSR count). The van der Waals surface area contributed by atoms with Crippen LogP contribution in [0.15, 0.2) is 134 Å². The molecule has 1 atom stereocenters. The minimum Gasteiger partial charge on any atom is -0.462 e.